The monoisotopic (exact) mass is 347 g/mol. The Labute approximate surface area is 137 Å². The van der Waals surface area contributed by atoms with Crippen LogP contribution in [0.4, 0.5) is 0 Å². The standard InChI is InChI=1S/C14H25N3O5S/c1-2-3-12-23(20,21)17-6-4-15(5-7-17)13(18)14(19)16-8-10-22-11-9-16/h2-12H2,1H3. The minimum Gasteiger partial charge on any atom is -0.378 e. The predicted molar refractivity (Wildman–Crippen MR) is 84.2 cm³/mol. The molecule has 0 aliphatic carbocycles. The number of ether oxygens (including phenoxy) is 1. The summed E-state index contributed by atoms with van der Waals surface area (Å²) < 4.78 is 30.9. The van der Waals surface area contributed by atoms with Crippen LogP contribution in [0.2, 0.25) is 0 Å². The van der Waals surface area contributed by atoms with Gasteiger partial charge in [-0.25, -0.2) is 8.42 Å². The first-order valence-corrected chi connectivity index (χ1v) is 9.70. The van der Waals surface area contributed by atoms with Crippen LogP contribution in [0.1, 0.15) is 19.8 Å². The first-order valence-electron chi connectivity index (χ1n) is 8.09. The summed E-state index contributed by atoms with van der Waals surface area (Å²) in [4.78, 5) is 27.4. The molecule has 2 saturated heterocycles. The molecule has 0 atom stereocenters. The van der Waals surface area contributed by atoms with Gasteiger partial charge in [0.1, 0.15) is 0 Å². The van der Waals surface area contributed by atoms with E-state index in [1.165, 1.54) is 14.1 Å². The van der Waals surface area contributed by atoms with Crippen LogP contribution >= 0.6 is 0 Å². The van der Waals surface area contributed by atoms with Gasteiger partial charge in [0.2, 0.25) is 10.0 Å². The average molecular weight is 347 g/mol. The van der Waals surface area contributed by atoms with Crippen LogP contribution in [0.5, 0.6) is 0 Å². The van der Waals surface area contributed by atoms with Crippen molar-refractivity contribution in [3.63, 3.8) is 0 Å². The number of carbonyl (C=O) groups excluding carboxylic acids is 2. The van der Waals surface area contributed by atoms with Crippen molar-refractivity contribution in [2.45, 2.75) is 19.8 Å². The molecule has 0 aromatic carbocycles. The summed E-state index contributed by atoms with van der Waals surface area (Å²) in [7, 11) is -3.25. The Morgan fingerprint density at radius 3 is 1.96 bits per heavy atom. The van der Waals surface area contributed by atoms with Gasteiger partial charge in [0, 0.05) is 39.3 Å². The van der Waals surface area contributed by atoms with E-state index < -0.39 is 21.8 Å². The number of nitrogens with zero attached hydrogens (tertiary/aromatic N) is 3. The van der Waals surface area contributed by atoms with Gasteiger partial charge in [-0.05, 0) is 6.42 Å². The molecule has 2 aliphatic rings. The van der Waals surface area contributed by atoms with E-state index in [1.54, 1.807) is 0 Å². The van der Waals surface area contributed by atoms with E-state index in [0.29, 0.717) is 32.7 Å². The quantitative estimate of drug-likeness (QED) is 0.616. The maximum absolute atomic E-state index is 12.3. The van der Waals surface area contributed by atoms with Gasteiger partial charge in [0.25, 0.3) is 0 Å². The molecule has 0 N–H and O–H groups in total. The summed E-state index contributed by atoms with van der Waals surface area (Å²) in [5.74, 6) is -0.919. The molecule has 0 radical (unpaired) electrons. The topological polar surface area (TPSA) is 87.2 Å². The van der Waals surface area contributed by atoms with Crippen molar-refractivity contribution in [1.82, 2.24) is 14.1 Å². The van der Waals surface area contributed by atoms with E-state index in [1.807, 2.05) is 6.92 Å². The Morgan fingerprint density at radius 2 is 1.43 bits per heavy atom. The van der Waals surface area contributed by atoms with Gasteiger partial charge < -0.3 is 14.5 Å². The van der Waals surface area contributed by atoms with Crippen molar-refractivity contribution in [3.8, 4) is 0 Å². The Kier molecular flexibility index (Phi) is 6.37. The van der Waals surface area contributed by atoms with Crippen LogP contribution < -0.4 is 0 Å². The van der Waals surface area contributed by atoms with E-state index in [2.05, 4.69) is 0 Å². The summed E-state index contributed by atoms with van der Waals surface area (Å²) in [6.07, 6.45) is 1.46. The third-order valence-corrected chi connectivity index (χ3v) is 6.11. The smallest absolute Gasteiger partial charge is 0.312 e. The Hall–Kier alpha value is -1.19. The van der Waals surface area contributed by atoms with Crippen LogP contribution in [0.3, 0.4) is 0 Å². The van der Waals surface area contributed by atoms with Crippen molar-refractivity contribution in [2.24, 2.45) is 0 Å². The molecule has 9 heteroatoms. The zero-order chi connectivity index (χ0) is 16.9. The summed E-state index contributed by atoms with van der Waals surface area (Å²) in [6, 6.07) is 0. The maximum Gasteiger partial charge on any atom is 0.312 e. The number of hydrogen-bond donors (Lipinski definition) is 0. The van der Waals surface area contributed by atoms with Crippen LogP contribution in [-0.2, 0) is 24.3 Å². The van der Waals surface area contributed by atoms with Crippen molar-refractivity contribution in [3.05, 3.63) is 0 Å². The Bertz CT molecular complexity index is 523. The second-order valence-electron chi connectivity index (χ2n) is 5.77. The van der Waals surface area contributed by atoms with Crippen LogP contribution in [0.25, 0.3) is 0 Å². The SMILES string of the molecule is CCCCS(=O)(=O)N1CCN(C(=O)C(=O)N2CCOCC2)CC1. The van der Waals surface area contributed by atoms with E-state index >= 15 is 0 Å². The molecule has 0 unspecified atom stereocenters. The lowest BCUT2D eigenvalue weighted by atomic mass is 10.3. The van der Waals surface area contributed by atoms with Crippen molar-refractivity contribution < 1.29 is 22.7 Å². The second kappa shape index (κ2) is 8.07. The maximum atomic E-state index is 12.3. The third kappa shape index (κ3) is 4.65. The first kappa shape index (κ1) is 18.2. The minimum atomic E-state index is -3.25. The average Bonchev–Trinajstić information content (AvgIpc) is 2.59. The lowest BCUT2D eigenvalue weighted by Crippen LogP contribution is -2.55. The molecule has 2 aliphatic heterocycles. The molecule has 0 bridgehead atoms. The molecule has 2 fully saturated rings. The zero-order valence-corrected chi connectivity index (χ0v) is 14.4. The second-order valence-corrected chi connectivity index (χ2v) is 7.85. The van der Waals surface area contributed by atoms with Crippen LogP contribution in [0.15, 0.2) is 0 Å². The number of carbonyl (C=O) groups is 2. The number of amides is 2. The highest BCUT2D eigenvalue weighted by molar-refractivity contribution is 7.89. The minimum absolute atomic E-state index is 0.143. The highest BCUT2D eigenvalue weighted by atomic mass is 32.2. The molecule has 23 heavy (non-hydrogen) atoms. The van der Waals surface area contributed by atoms with Gasteiger partial charge in [0.05, 0.1) is 19.0 Å². The molecule has 2 heterocycles. The Morgan fingerprint density at radius 1 is 0.913 bits per heavy atom. The van der Waals surface area contributed by atoms with Gasteiger partial charge >= 0.3 is 11.8 Å². The number of rotatable bonds is 4. The molecular formula is C14H25N3O5S. The first-order chi connectivity index (χ1) is 11.0. The van der Waals surface area contributed by atoms with E-state index in [-0.39, 0.29) is 31.9 Å². The molecule has 8 nitrogen and oxygen atoms in total. The van der Waals surface area contributed by atoms with Gasteiger partial charge in [-0.1, -0.05) is 13.3 Å². The highest BCUT2D eigenvalue weighted by Gasteiger charge is 2.33. The summed E-state index contributed by atoms with van der Waals surface area (Å²) in [5.41, 5.74) is 0. The van der Waals surface area contributed by atoms with E-state index in [9.17, 15) is 18.0 Å². The molecule has 0 aromatic rings. The molecule has 132 valence electrons. The fourth-order valence-corrected chi connectivity index (χ4v) is 4.29. The summed E-state index contributed by atoms with van der Waals surface area (Å²) in [6.45, 7) is 4.74. The normalized spacial score (nSPS) is 20.6. The fraction of sp³-hybridized carbons (Fsp3) is 0.857. The number of unbranched alkanes of at least 4 members (excludes halogenated alkanes) is 1. The molecule has 2 amide bonds. The number of morpholine rings is 1. The van der Waals surface area contributed by atoms with E-state index in [4.69, 9.17) is 4.74 Å². The molecule has 0 saturated carbocycles. The number of hydrogen-bond acceptors (Lipinski definition) is 5. The number of piperazine rings is 1. The summed E-state index contributed by atoms with van der Waals surface area (Å²) in [5, 5.41) is 0. The highest BCUT2D eigenvalue weighted by Crippen LogP contribution is 2.11. The predicted octanol–water partition coefficient (Wildman–Crippen LogP) is -0.881. The van der Waals surface area contributed by atoms with Crippen LogP contribution in [0, 0.1) is 0 Å². The van der Waals surface area contributed by atoms with Crippen molar-refractivity contribution >= 4 is 21.8 Å². The zero-order valence-electron chi connectivity index (χ0n) is 13.6. The lowest BCUT2D eigenvalue weighted by Gasteiger charge is -2.35. The van der Waals surface area contributed by atoms with Crippen LogP contribution in [-0.4, -0.2) is 92.6 Å². The lowest BCUT2D eigenvalue weighted by molar-refractivity contribution is -0.154. The molecule has 0 aromatic heterocycles. The van der Waals surface area contributed by atoms with Crippen molar-refractivity contribution in [2.75, 3.05) is 58.2 Å². The van der Waals surface area contributed by atoms with Crippen molar-refractivity contribution in [1.29, 1.82) is 0 Å². The summed E-state index contributed by atoms with van der Waals surface area (Å²) >= 11 is 0. The third-order valence-electron chi connectivity index (χ3n) is 4.16. The molecule has 2 rings (SSSR count). The van der Waals surface area contributed by atoms with Gasteiger partial charge in [-0.3, -0.25) is 9.59 Å². The van der Waals surface area contributed by atoms with E-state index in [0.717, 1.165) is 6.42 Å². The molecule has 0 spiro atoms. The van der Waals surface area contributed by atoms with Gasteiger partial charge in [-0.2, -0.15) is 4.31 Å². The largest absolute Gasteiger partial charge is 0.378 e. The van der Waals surface area contributed by atoms with Gasteiger partial charge in [0.15, 0.2) is 0 Å². The van der Waals surface area contributed by atoms with Gasteiger partial charge in [-0.15, -0.1) is 0 Å². The molecular weight excluding hydrogens is 322 g/mol. The Balaban J connectivity index is 1.86. The number of sulfonamides is 1. The fourth-order valence-electron chi connectivity index (χ4n) is 2.66.